The molecule has 2 aliphatic rings. The molecule has 1 aliphatic carbocycles. The minimum atomic E-state index is 0.0576. The number of ether oxygens (including phenoxy) is 1. The van der Waals surface area contributed by atoms with E-state index in [0.29, 0.717) is 5.92 Å². The van der Waals surface area contributed by atoms with E-state index in [-0.39, 0.29) is 17.8 Å². The number of benzene rings is 1. The molecule has 1 aromatic rings. The quantitative estimate of drug-likeness (QED) is 0.830. The average Bonchev–Trinajstić information content (AvgIpc) is 2.46. The third-order valence-electron chi connectivity index (χ3n) is 4.25. The molecule has 0 aromatic heterocycles. The molecule has 0 N–H and O–H groups in total. The van der Waals surface area contributed by atoms with Crippen molar-refractivity contribution in [2.45, 2.75) is 26.4 Å². The Morgan fingerprint density at radius 3 is 2.45 bits per heavy atom. The summed E-state index contributed by atoms with van der Waals surface area (Å²) in [4.78, 5) is 11.3. The monoisotopic (exact) mass is 268 g/mol. The van der Waals surface area contributed by atoms with Crippen molar-refractivity contribution >= 4 is 11.4 Å². The highest BCUT2D eigenvalue weighted by Gasteiger charge is 2.29. The lowest BCUT2D eigenvalue weighted by atomic mass is 9.89. The van der Waals surface area contributed by atoms with Gasteiger partial charge in [0.2, 0.25) is 0 Å². The third kappa shape index (κ3) is 2.48. The van der Waals surface area contributed by atoms with Gasteiger partial charge >= 0.3 is 0 Å². The van der Waals surface area contributed by atoms with Gasteiger partial charge in [-0.3, -0.25) is 4.79 Å². The van der Waals surface area contributed by atoms with Crippen LogP contribution in [-0.4, -0.2) is 12.4 Å². The Morgan fingerprint density at radius 1 is 1.25 bits per heavy atom. The number of hydrogen-bond donors (Lipinski definition) is 0. The lowest BCUT2D eigenvalue weighted by molar-refractivity contribution is -0.119. The molecular formula is C18H20O2. The summed E-state index contributed by atoms with van der Waals surface area (Å²) in [5.41, 5.74) is 3.67. The molecule has 3 atom stereocenters. The predicted octanol–water partition coefficient (Wildman–Crippen LogP) is 3.94. The highest BCUT2D eigenvalue weighted by Crippen LogP contribution is 2.35. The second-order valence-corrected chi connectivity index (χ2v) is 5.82. The zero-order valence-corrected chi connectivity index (χ0v) is 12.0. The molecule has 104 valence electrons. The summed E-state index contributed by atoms with van der Waals surface area (Å²) >= 11 is 0. The fraction of sp³-hybridized carbons (Fsp3) is 0.389. The fourth-order valence-electron chi connectivity index (χ4n) is 2.81. The SMILES string of the molecule is CC(=O)C1C=CC(c2ccc(C3OCC3C)cc2)=CC1. The van der Waals surface area contributed by atoms with Crippen molar-refractivity contribution in [1.29, 1.82) is 0 Å². The lowest BCUT2D eigenvalue weighted by Crippen LogP contribution is -2.29. The first-order valence-corrected chi connectivity index (χ1v) is 7.26. The molecule has 2 heteroatoms. The molecule has 20 heavy (non-hydrogen) atoms. The Kier molecular flexibility index (Phi) is 3.58. The van der Waals surface area contributed by atoms with Gasteiger partial charge in [0.05, 0.1) is 12.7 Å². The first-order chi connectivity index (χ1) is 9.65. The topological polar surface area (TPSA) is 26.3 Å². The lowest BCUT2D eigenvalue weighted by Gasteiger charge is -2.34. The normalized spacial score (nSPS) is 28.7. The Bertz CT molecular complexity index is 566. The van der Waals surface area contributed by atoms with Crippen LogP contribution >= 0.6 is 0 Å². The van der Waals surface area contributed by atoms with Gasteiger partial charge in [0.1, 0.15) is 5.78 Å². The van der Waals surface area contributed by atoms with E-state index in [1.54, 1.807) is 6.92 Å². The van der Waals surface area contributed by atoms with Gasteiger partial charge in [0.15, 0.2) is 0 Å². The van der Waals surface area contributed by atoms with Crippen molar-refractivity contribution in [3.8, 4) is 0 Å². The molecule has 0 radical (unpaired) electrons. The zero-order valence-electron chi connectivity index (χ0n) is 12.0. The second kappa shape index (κ2) is 5.37. The molecule has 3 unspecified atom stereocenters. The van der Waals surface area contributed by atoms with E-state index in [1.165, 1.54) is 16.7 Å². The first-order valence-electron chi connectivity index (χ1n) is 7.26. The molecule has 1 saturated heterocycles. The van der Waals surface area contributed by atoms with Gasteiger partial charge in [0, 0.05) is 11.8 Å². The number of carbonyl (C=O) groups is 1. The maximum absolute atomic E-state index is 11.3. The molecule has 0 bridgehead atoms. The fourth-order valence-corrected chi connectivity index (χ4v) is 2.81. The highest BCUT2D eigenvalue weighted by molar-refractivity contribution is 5.84. The molecular weight excluding hydrogens is 248 g/mol. The van der Waals surface area contributed by atoms with E-state index < -0.39 is 0 Å². The van der Waals surface area contributed by atoms with Gasteiger partial charge in [-0.1, -0.05) is 49.4 Å². The van der Waals surface area contributed by atoms with Crippen LogP contribution in [0.15, 0.2) is 42.5 Å². The standard InChI is InChI=1S/C18H20O2/c1-12-11-20-18(12)17-9-7-16(8-10-17)15-5-3-14(4-6-15)13(2)19/h3,5-10,12,14,18H,4,11H2,1-2H3. The summed E-state index contributed by atoms with van der Waals surface area (Å²) < 4.78 is 5.59. The Hall–Kier alpha value is -1.67. The Morgan fingerprint density at radius 2 is 2.00 bits per heavy atom. The van der Waals surface area contributed by atoms with E-state index in [0.717, 1.165) is 13.0 Å². The largest absolute Gasteiger partial charge is 0.373 e. The van der Waals surface area contributed by atoms with Gasteiger partial charge in [-0.05, 0) is 30.0 Å². The van der Waals surface area contributed by atoms with Crippen molar-refractivity contribution in [3.05, 3.63) is 53.6 Å². The van der Waals surface area contributed by atoms with E-state index in [2.05, 4.69) is 43.3 Å². The van der Waals surface area contributed by atoms with Crippen LogP contribution in [-0.2, 0) is 9.53 Å². The first kappa shape index (κ1) is 13.3. The maximum Gasteiger partial charge on any atom is 0.136 e. The zero-order chi connectivity index (χ0) is 14.1. The second-order valence-electron chi connectivity index (χ2n) is 5.82. The van der Waals surface area contributed by atoms with Gasteiger partial charge in [-0.2, -0.15) is 0 Å². The minimum absolute atomic E-state index is 0.0576. The van der Waals surface area contributed by atoms with Crippen LogP contribution in [0.1, 0.15) is 37.5 Å². The van der Waals surface area contributed by atoms with E-state index in [9.17, 15) is 4.79 Å². The minimum Gasteiger partial charge on any atom is -0.373 e. The van der Waals surface area contributed by atoms with E-state index >= 15 is 0 Å². The van der Waals surface area contributed by atoms with E-state index in [4.69, 9.17) is 4.74 Å². The number of hydrogen-bond acceptors (Lipinski definition) is 2. The molecule has 0 amide bonds. The Balaban J connectivity index is 1.73. The summed E-state index contributed by atoms with van der Waals surface area (Å²) in [6, 6.07) is 8.60. The van der Waals surface area contributed by atoms with Gasteiger partial charge in [-0.15, -0.1) is 0 Å². The maximum atomic E-state index is 11.3. The smallest absolute Gasteiger partial charge is 0.136 e. The average molecular weight is 268 g/mol. The van der Waals surface area contributed by atoms with Crippen LogP contribution in [0.3, 0.4) is 0 Å². The Labute approximate surface area is 120 Å². The number of ketones is 1. The van der Waals surface area contributed by atoms with Crippen LogP contribution in [0.4, 0.5) is 0 Å². The highest BCUT2D eigenvalue weighted by atomic mass is 16.5. The molecule has 0 spiro atoms. The molecule has 1 aromatic carbocycles. The number of Topliss-reactive ketones (excluding diaryl/α,β-unsaturated/α-hetero) is 1. The van der Waals surface area contributed by atoms with Crippen molar-refractivity contribution in [3.63, 3.8) is 0 Å². The predicted molar refractivity (Wildman–Crippen MR) is 80.2 cm³/mol. The number of allylic oxidation sites excluding steroid dienone is 4. The van der Waals surface area contributed by atoms with Crippen molar-refractivity contribution < 1.29 is 9.53 Å². The summed E-state index contributed by atoms with van der Waals surface area (Å²) in [5, 5.41) is 0. The summed E-state index contributed by atoms with van der Waals surface area (Å²) in [7, 11) is 0. The molecule has 1 aliphatic heterocycles. The van der Waals surface area contributed by atoms with E-state index in [1.807, 2.05) is 6.08 Å². The van der Waals surface area contributed by atoms with Gasteiger partial charge < -0.3 is 4.74 Å². The summed E-state index contributed by atoms with van der Waals surface area (Å²) in [6.07, 6.45) is 7.31. The van der Waals surface area contributed by atoms with Crippen LogP contribution in [0, 0.1) is 11.8 Å². The number of rotatable bonds is 3. The van der Waals surface area contributed by atoms with Crippen molar-refractivity contribution in [2.75, 3.05) is 6.61 Å². The summed E-state index contributed by atoms with van der Waals surface area (Å²) in [5.74, 6) is 0.913. The van der Waals surface area contributed by atoms with Crippen LogP contribution in [0.2, 0.25) is 0 Å². The molecule has 2 nitrogen and oxygen atoms in total. The van der Waals surface area contributed by atoms with Crippen LogP contribution in [0.25, 0.3) is 5.57 Å². The van der Waals surface area contributed by atoms with Gasteiger partial charge in [0.25, 0.3) is 0 Å². The van der Waals surface area contributed by atoms with Crippen molar-refractivity contribution in [1.82, 2.24) is 0 Å². The number of carbonyl (C=O) groups excluding carboxylic acids is 1. The van der Waals surface area contributed by atoms with Crippen LogP contribution in [0.5, 0.6) is 0 Å². The molecule has 3 rings (SSSR count). The third-order valence-corrected chi connectivity index (χ3v) is 4.25. The molecule has 1 fully saturated rings. The van der Waals surface area contributed by atoms with Crippen LogP contribution < -0.4 is 0 Å². The van der Waals surface area contributed by atoms with Crippen molar-refractivity contribution in [2.24, 2.45) is 11.8 Å². The summed E-state index contributed by atoms with van der Waals surface area (Å²) in [6.45, 7) is 4.74. The van der Waals surface area contributed by atoms with Gasteiger partial charge in [-0.25, -0.2) is 0 Å². The molecule has 0 saturated carbocycles. The molecule has 1 heterocycles.